The highest BCUT2D eigenvalue weighted by atomic mass is 19.1. The molecule has 0 saturated carbocycles. The largest absolute Gasteiger partial charge is 0.460 e. The first kappa shape index (κ1) is 20.0. The van der Waals surface area contributed by atoms with Gasteiger partial charge >= 0.3 is 11.7 Å². The van der Waals surface area contributed by atoms with E-state index in [1.165, 1.54) is 6.92 Å². The number of benzene rings is 1. The second-order valence-electron chi connectivity index (χ2n) is 6.79. The fraction of sp³-hybridized carbons (Fsp3) is 0.400. The van der Waals surface area contributed by atoms with E-state index in [1.54, 1.807) is 0 Å². The van der Waals surface area contributed by atoms with Crippen LogP contribution < -0.4 is 11.2 Å². The van der Waals surface area contributed by atoms with Crippen LogP contribution in [0.3, 0.4) is 0 Å². The van der Waals surface area contributed by atoms with E-state index in [-0.39, 0.29) is 12.3 Å². The standard InChI is InChI=1S/C20H22FN2O5/c1-3-13(14-7-5-4-6-8-14)9-16-17(27-12(2)24)10-18(28-16)23-11-15(21)19(25)22-20(23)26/h4-8,11,13,16-18H,1,3,9-10H2,2H3,(H,22,25,26)/t13?,16-,17?,18-/m0/s1. The van der Waals surface area contributed by atoms with E-state index in [0.29, 0.717) is 12.8 Å². The minimum Gasteiger partial charge on any atom is -0.460 e. The zero-order valence-electron chi connectivity index (χ0n) is 15.5. The first-order valence-corrected chi connectivity index (χ1v) is 9.07. The quantitative estimate of drug-likeness (QED) is 0.766. The number of aromatic nitrogens is 2. The highest BCUT2D eigenvalue weighted by molar-refractivity contribution is 5.66. The Balaban J connectivity index is 1.85. The van der Waals surface area contributed by atoms with E-state index < -0.39 is 41.5 Å². The van der Waals surface area contributed by atoms with E-state index in [1.807, 2.05) is 35.3 Å². The van der Waals surface area contributed by atoms with Gasteiger partial charge in [0.25, 0.3) is 5.56 Å². The van der Waals surface area contributed by atoms with E-state index in [2.05, 4.69) is 6.92 Å². The normalized spacial score (nSPS) is 22.8. The Labute approximate surface area is 161 Å². The van der Waals surface area contributed by atoms with Crippen LogP contribution in [0.2, 0.25) is 0 Å². The summed E-state index contributed by atoms with van der Waals surface area (Å²) in [4.78, 5) is 36.7. The van der Waals surface area contributed by atoms with Crippen LogP contribution in [0, 0.1) is 12.7 Å². The maximum absolute atomic E-state index is 13.7. The van der Waals surface area contributed by atoms with Gasteiger partial charge in [0, 0.05) is 13.3 Å². The van der Waals surface area contributed by atoms with E-state index in [4.69, 9.17) is 9.47 Å². The number of H-pyrrole nitrogens is 1. The number of nitrogens with zero attached hydrogens (tertiary/aromatic N) is 1. The first-order chi connectivity index (χ1) is 13.4. The van der Waals surface area contributed by atoms with Crippen molar-refractivity contribution in [2.75, 3.05) is 0 Å². The van der Waals surface area contributed by atoms with Gasteiger partial charge in [0.1, 0.15) is 12.3 Å². The molecule has 1 aliphatic rings. The summed E-state index contributed by atoms with van der Waals surface area (Å²) in [5.74, 6) is -1.49. The number of esters is 1. The molecule has 149 valence electrons. The third-order valence-corrected chi connectivity index (χ3v) is 4.87. The summed E-state index contributed by atoms with van der Waals surface area (Å²) < 4.78 is 26.0. The van der Waals surface area contributed by atoms with Crippen LogP contribution in [0.4, 0.5) is 4.39 Å². The molecule has 2 heterocycles. The Kier molecular flexibility index (Phi) is 6.08. The van der Waals surface area contributed by atoms with Crippen LogP contribution in [0.5, 0.6) is 0 Å². The Morgan fingerprint density at radius 3 is 2.75 bits per heavy atom. The molecule has 7 nitrogen and oxygen atoms in total. The molecule has 1 radical (unpaired) electrons. The van der Waals surface area contributed by atoms with Crippen LogP contribution >= 0.6 is 0 Å². The van der Waals surface area contributed by atoms with Crippen LogP contribution in [0.25, 0.3) is 0 Å². The summed E-state index contributed by atoms with van der Waals surface area (Å²) in [7, 11) is 0. The highest BCUT2D eigenvalue weighted by Crippen LogP contribution is 2.36. The second-order valence-corrected chi connectivity index (χ2v) is 6.79. The summed E-state index contributed by atoms with van der Waals surface area (Å²) >= 11 is 0. The van der Waals surface area contributed by atoms with Gasteiger partial charge in [-0.15, -0.1) is 0 Å². The second kappa shape index (κ2) is 8.52. The fourth-order valence-corrected chi connectivity index (χ4v) is 3.52. The van der Waals surface area contributed by atoms with Gasteiger partial charge in [-0.05, 0) is 24.3 Å². The lowest BCUT2D eigenvalue weighted by molar-refractivity contribution is -0.149. The minimum atomic E-state index is -1.09. The Morgan fingerprint density at radius 2 is 2.11 bits per heavy atom. The SMILES string of the molecule is [CH2]CC(C[C@@H]1O[C@H](n2cc(F)c(=O)[nH]c2=O)CC1OC(C)=O)c1ccccc1. The number of hydrogen-bond donors (Lipinski definition) is 1. The number of halogens is 1. The molecule has 1 N–H and O–H groups in total. The summed E-state index contributed by atoms with van der Waals surface area (Å²) in [6, 6.07) is 9.77. The molecule has 0 amide bonds. The zero-order valence-corrected chi connectivity index (χ0v) is 15.5. The molecule has 1 aliphatic heterocycles. The lowest BCUT2D eigenvalue weighted by atomic mass is 9.89. The van der Waals surface area contributed by atoms with Gasteiger partial charge in [-0.2, -0.15) is 4.39 Å². The van der Waals surface area contributed by atoms with Crippen LogP contribution in [-0.4, -0.2) is 27.7 Å². The molecular formula is C20H22FN2O5. The first-order valence-electron chi connectivity index (χ1n) is 9.07. The molecule has 2 aromatic rings. The average Bonchev–Trinajstić information content (AvgIpc) is 3.04. The van der Waals surface area contributed by atoms with Gasteiger partial charge in [-0.25, -0.2) is 4.79 Å². The summed E-state index contributed by atoms with van der Waals surface area (Å²) in [6.07, 6.45) is 0.167. The third kappa shape index (κ3) is 4.39. The highest BCUT2D eigenvalue weighted by Gasteiger charge is 2.40. The van der Waals surface area contributed by atoms with Crippen molar-refractivity contribution >= 4 is 5.97 Å². The summed E-state index contributed by atoms with van der Waals surface area (Å²) in [5, 5.41) is 0. The van der Waals surface area contributed by atoms with E-state index in [0.717, 1.165) is 16.3 Å². The number of rotatable bonds is 6. The molecule has 1 aromatic heterocycles. The van der Waals surface area contributed by atoms with Gasteiger partial charge < -0.3 is 9.47 Å². The molecule has 3 rings (SSSR count). The van der Waals surface area contributed by atoms with Crippen molar-refractivity contribution in [2.45, 2.75) is 50.5 Å². The van der Waals surface area contributed by atoms with Gasteiger partial charge in [-0.3, -0.25) is 19.1 Å². The van der Waals surface area contributed by atoms with Crippen molar-refractivity contribution < 1.29 is 18.7 Å². The van der Waals surface area contributed by atoms with Crippen LogP contribution in [-0.2, 0) is 14.3 Å². The molecular weight excluding hydrogens is 367 g/mol. The lowest BCUT2D eigenvalue weighted by Gasteiger charge is -2.23. The number of carbonyl (C=O) groups is 1. The summed E-state index contributed by atoms with van der Waals surface area (Å²) in [6.45, 7) is 5.29. The smallest absolute Gasteiger partial charge is 0.330 e. The summed E-state index contributed by atoms with van der Waals surface area (Å²) in [5.41, 5.74) is -0.790. The number of ether oxygens (including phenoxy) is 2. The van der Waals surface area contributed by atoms with Crippen LogP contribution in [0.1, 0.15) is 43.9 Å². The van der Waals surface area contributed by atoms with E-state index >= 15 is 0 Å². The van der Waals surface area contributed by atoms with Crippen molar-refractivity contribution in [2.24, 2.45) is 0 Å². The molecule has 1 fully saturated rings. The molecule has 1 aromatic carbocycles. The maximum atomic E-state index is 13.7. The van der Waals surface area contributed by atoms with Crippen molar-refractivity contribution in [1.29, 1.82) is 0 Å². The molecule has 1 saturated heterocycles. The molecule has 0 aliphatic carbocycles. The Morgan fingerprint density at radius 1 is 1.39 bits per heavy atom. The monoisotopic (exact) mass is 389 g/mol. The zero-order chi connectivity index (χ0) is 20.3. The van der Waals surface area contributed by atoms with Crippen molar-refractivity contribution in [3.8, 4) is 0 Å². The fourth-order valence-electron chi connectivity index (χ4n) is 3.52. The lowest BCUT2D eigenvalue weighted by Crippen LogP contribution is -2.33. The van der Waals surface area contributed by atoms with E-state index in [9.17, 15) is 18.8 Å². The predicted octanol–water partition coefficient (Wildman–Crippen LogP) is 2.29. The molecule has 8 heteroatoms. The van der Waals surface area contributed by atoms with Gasteiger partial charge in [0.15, 0.2) is 0 Å². The topological polar surface area (TPSA) is 90.4 Å². The number of nitrogens with one attached hydrogen (secondary N) is 1. The van der Waals surface area contributed by atoms with Crippen molar-refractivity contribution in [3.63, 3.8) is 0 Å². The molecule has 2 unspecified atom stereocenters. The molecule has 0 bridgehead atoms. The number of hydrogen-bond acceptors (Lipinski definition) is 5. The van der Waals surface area contributed by atoms with Crippen molar-refractivity contribution in [1.82, 2.24) is 9.55 Å². The van der Waals surface area contributed by atoms with Crippen molar-refractivity contribution in [3.05, 3.63) is 75.7 Å². The van der Waals surface area contributed by atoms with Gasteiger partial charge in [0.2, 0.25) is 5.82 Å². The molecule has 0 spiro atoms. The number of aromatic amines is 1. The molecule has 28 heavy (non-hydrogen) atoms. The Bertz CT molecular complexity index is 940. The average molecular weight is 389 g/mol. The van der Waals surface area contributed by atoms with Gasteiger partial charge in [-0.1, -0.05) is 37.3 Å². The molecule has 4 atom stereocenters. The van der Waals surface area contributed by atoms with Gasteiger partial charge in [0.05, 0.1) is 12.3 Å². The third-order valence-electron chi connectivity index (χ3n) is 4.87. The Hall–Kier alpha value is -2.74. The van der Waals surface area contributed by atoms with Crippen LogP contribution in [0.15, 0.2) is 46.1 Å². The number of carbonyl (C=O) groups excluding carboxylic acids is 1. The maximum Gasteiger partial charge on any atom is 0.330 e. The predicted molar refractivity (Wildman–Crippen MR) is 99.1 cm³/mol. The minimum absolute atomic E-state index is 0.0621.